The molecular weight excluding hydrogens is 380 g/mol. The van der Waals surface area contributed by atoms with Crippen molar-refractivity contribution in [3.63, 3.8) is 0 Å². The van der Waals surface area contributed by atoms with E-state index in [2.05, 4.69) is 33.5 Å². The fourth-order valence-corrected chi connectivity index (χ4v) is 3.62. The number of fused-ring (bicyclic) bond motifs is 1. The van der Waals surface area contributed by atoms with Crippen molar-refractivity contribution >= 4 is 17.5 Å². The highest BCUT2D eigenvalue weighted by atomic mass is 16.5. The number of ether oxygens (including phenoxy) is 1. The highest BCUT2D eigenvalue weighted by Gasteiger charge is 2.35. The number of nitrogens with zero attached hydrogens (tertiary/aromatic N) is 5. The van der Waals surface area contributed by atoms with E-state index in [4.69, 9.17) is 4.74 Å². The maximum atomic E-state index is 13.1. The Balaban J connectivity index is 1.51. The van der Waals surface area contributed by atoms with Gasteiger partial charge in [0, 0.05) is 25.4 Å². The number of benzene rings is 1. The topological polar surface area (TPSA) is 85.2 Å². The number of anilines is 2. The summed E-state index contributed by atoms with van der Waals surface area (Å²) in [6, 6.07) is 11.3. The van der Waals surface area contributed by atoms with Gasteiger partial charge in [-0.3, -0.25) is 4.90 Å². The summed E-state index contributed by atoms with van der Waals surface area (Å²) in [5.74, 6) is 2.29. The highest BCUT2D eigenvalue weighted by molar-refractivity contribution is 6.02. The molecule has 8 nitrogen and oxygen atoms in total. The molecule has 0 radical (unpaired) electrons. The van der Waals surface area contributed by atoms with E-state index in [-0.39, 0.29) is 11.9 Å². The van der Waals surface area contributed by atoms with Crippen LogP contribution in [0.25, 0.3) is 0 Å². The number of carbonyl (C=O) groups excluding carboxylic acids is 1. The summed E-state index contributed by atoms with van der Waals surface area (Å²) in [5.41, 5.74) is 1.36. The van der Waals surface area contributed by atoms with Crippen LogP contribution in [0.2, 0.25) is 0 Å². The van der Waals surface area contributed by atoms with Gasteiger partial charge in [-0.1, -0.05) is 19.1 Å². The minimum absolute atomic E-state index is 0.231. The first-order valence-corrected chi connectivity index (χ1v) is 9.98. The summed E-state index contributed by atoms with van der Waals surface area (Å²) in [6.07, 6.45) is 4.13. The summed E-state index contributed by atoms with van der Waals surface area (Å²) < 4.78 is 7.89. The average Bonchev–Trinajstić information content (AvgIpc) is 3.11. The molecule has 1 aromatic carbocycles. The number of aryl methyl sites for hydroxylation is 1. The van der Waals surface area contributed by atoms with Crippen molar-refractivity contribution in [1.29, 1.82) is 0 Å². The summed E-state index contributed by atoms with van der Waals surface area (Å²) in [4.78, 5) is 19.1. The first-order chi connectivity index (χ1) is 14.3. The van der Waals surface area contributed by atoms with Crippen molar-refractivity contribution < 1.29 is 9.53 Å². The van der Waals surface area contributed by atoms with E-state index < -0.39 is 5.60 Å². The third kappa shape index (κ3) is 4.12. The number of rotatable bonds is 4. The lowest BCUT2D eigenvalue weighted by atomic mass is 9.97. The van der Waals surface area contributed by atoms with Gasteiger partial charge in [0.05, 0.1) is 6.54 Å². The molecule has 1 aliphatic heterocycles. The molecule has 3 aromatic rings. The molecule has 0 saturated carbocycles. The fraction of sp³-hybridized carbons (Fsp3) is 0.364. The second kappa shape index (κ2) is 7.78. The zero-order valence-electron chi connectivity index (χ0n) is 17.7. The second-order valence-corrected chi connectivity index (χ2v) is 8.29. The van der Waals surface area contributed by atoms with Crippen LogP contribution in [0.1, 0.15) is 38.1 Å². The number of nitrogens with one attached hydrogen (secondary N) is 1. The summed E-state index contributed by atoms with van der Waals surface area (Å²) in [6.45, 7) is 6.46. The molecule has 0 spiro atoms. The Kier molecular flexibility index (Phi) is 5.15. The highest BCUT2D eigenvalue weighted by Crippen LogP contribution is 2.35. The molecule has 4 rings (SSSR count). The van der Waals surface area contributed by atoms with E-state index in [1.54, 1.807) is 23.5 Å². The lowest BCUT2D eigenvalue weighted by molar-refractivity contribution is 0.106. The van der Waals surface area contributed by atoms with Gasteiger partial charge in [-0.05, 0) is 49.6 Å². The monoisotopic (exact) mass is 406 g/mol. The zero-order chi connectivity index (χ0) is 21.3. The van der Waals surface area contributed by atoms with Gasteiger partial charge in [0.15, 0.2) is 11.6 Å². The van der Waals surface area contributed by atoms with Crippen molar-refractivity contribution in [2.75, 3.05) is 16.8 Å². The van der Waals surface area contributed by atoms with Crippen molar-refractivity contribution in [3.05, 3.63) is 60.3 Å². The maximum absolute atomic E-state index is 13.1. The minimum atomic E-state index is -0.500. The Hall–Kier alpha value is -3.42. The second-order valence-electron chi connectivity index (χ2n) is 8.29. The molecule has 2 amide bonds. The van der Waals surface area contributed by atoms with Crippen LogP contribution in [-0.2, 0) is 13.5 Å². The van der Waals surface area contributed by atoms with Crippen LogP contribution >= 0.6 is 0 Å². The number of hydrogen-bond acceptors (Lipinski definition) is 5. The molecule has 30 heavy (non-hydrogen) atoms. The predicted molar refractivity (Wildman–Crippen MR) is 115 cm³/mol. The fourth-order valence-electron chi connectivity index (χ4n) is 3.62. The first kappa shape index (κ1) is 19.9. The Labute approximate surface area is 175 Å². The van der Waals surface area contributed by atoms with Gasteiger partial charge in [0.2, 0.25) is 0 Å². The van der Waals surface area contributed by atoms with Crippen molar-refractivity contribution in [2.24, 2.45) is 7.05 Å². The van der Waals surface area contributed by atoms with Crippen LogP contribution in [0.3, 0.4) is 0 Å². The third-order valence-electron chi connectivity index (χ3n) is 5.18. The molecule has 0 unspecified atom stereocenters. The number of aromatic nitrogens is 4. The van der Waals surface area contributed by atoms with Crippen molar-refractivity contribution in [1.82, 2.24) is 19.7 Å². The quantitative estimate of drug-likeness (QED) is 0.713. The van der Waals surface area contributed by atoms with Crippen LogP contribution < -0.4 is 15.0 Å². The van der Waals surface area contributed by atoms with E-state index in [1.165, 1.54) is 0 Å². The maximum Gasteiger partial charge on any atom is 0.327 e. The standard InChI is InChI=1S/C22H26N6O2/c1-15(11-19-26-24-14-27(19)4)16-7-5-8-17(12-16)25-21(29)28-13-22(2,3)30-18-9-6-10-23-20(18)28/h5-10,12,14-15H,11,13H2,1-4H3,(H,25,29)/t15-/m1/s1. The van der Waals surface area contributed by atoms with Gasteiger partial charge < -0.3 is 14.6 Å². The Morgan fingerprint density at radius 1 is 1.30 bits per heavy atom. The molecule has 0 aliphatic carbocycles. The van der Waals surface area contributed by atoms with Crippen molar-refractivity contribution in [2.45, 2.75) is 38.7 Å². The van der Waals surface area contributed by atoms with E-state index in [0.717, 1.165) is 23.5 Å². The number of pyridine rings is 1. The molecule has 0 saturated heterocycles. The average molecular weight is 406 g/mol. The van der Waals surface area contributed by atoms with E-state index in [9.17, 15) is 4.79 Å². The molecule has 1 N–H and O–H groups in total. The third-order valence-corrected chi connectivity index (χ3v) is 5.18. The number of carbonyl (C=O) groups is 1. The predicted octanol–water partition coefficient (Wildman–Crippen LogP) is 3.77. The van der Waals surface area contributed by atoms with Crippen LogP contribution in [-0.4, -0.2) is 37.9 Å². The summed E-state index contributed by atoms with van der Waals surface area (Å²) >= 11 is 0. The molecule has 1 aliphatic rings. The molecule has 3 heterocycles. The SMILES string of the molecule is C[C@H](Cc1nncn1C)c1cccc(NC(=O)N2CC(C)(C)Oc3cccnc32)c1. The van der Waals surface area contributed by atoms with Gasteiger partial charge in [-0.25, -0.2) is 9.78 Å². The van der Waals surface area contributed by atoms with E-state index in [1.807, 2.05) is 49.7 Å². The smallest absolute Gasteiger partial charge is 0.327 e. The lowest BCUT2D eigenvalue weighted by Gasteiger charge is -2.38. The van der Waals surface area contributed by atoms with Gasteiger partial charge >= 0.3 is 6.03 Å². The van der Waals surface area contributed by atoms with Crippen LogP contribution in [0.15, 0.2) is 48.9 Å². The lowest BCUT2D eigenvalue weighted by Crippen LogP contribution is -2.51. The van der Waals surface area contributed by atoms with Gasteiger partial charge in [-0.15, -0.1) is 10.2 Å². The normalized spacial score (nSPS) is 15.8. The number of amides is 2. The molecule has 2 aromatic heterocycles. The van der Waals surface area contributed by atoms with Crippen molar-refractivity contribution in [3.8, 4) is 5.75 Å². The molecule has 1 atom stereocenters. The number of urea groups is 1. The number of hydrogen-bond donors (Lipinski definition) is 1. The van der Waals surface area contributed by atoms with Crippen LogP contribution in [0, 0.1) is 0 Å². The molecule has 0 bridgehead atoms. The largest absolute Gasteiger partial charge is 0.482 e. The van der Waals surface area contributed by atoms with Crippen LogP contribution in [0.4, 0.5) is 16.3 Å². The molecular formula is C22H26N6O2. The summed E-state index contributed by atoms with van der Waals surface area (Å²) in [7, 11) is 1.94. The van der Waals surface area contributed by atoms with E-state index >= 15 is 0 Å². The van der Waals surface area contributed by atoms with Gasteiger partial charge in [0.25, 0.3) is 0 Å². The Morgan fingerprint density at radius 2 is 2.13 bits per heavy atom. The minimum Gasteiger partial charge on any atom is -0.482 e. The Bertz CT molecular complexity index is 1060. The van der Waals surface area contributed by atoms with Gasteiger partial charge in [-0.2, -0.15) is 0 Å². The molecule has 0 fully saturated rings. The van der Waals surface area contributed by atoms with E-state index in [0.29, 0.717) is 18.1 Å². The van der Waals surface area contributed by atoms with Crippen LogP contribution in [0.5, 0.6) is 5.75 Å². The molecule has 156 valence electrons. The Morgan fingerprint density at radius 3 is 2.90 bits per heavy atom. The zero-order valence-corrected chi connectivity index (χ0v) is 17.7. The molecule has 8 heteroatoms. The first-order valence-electron chi connectivity index (χ1n) is 9.98. The van der Waals surface area contributed by atoms with Gasteiger partial charge in [0.1, 0.15) is 17.8 Å². The summed E-state index contributed by atoms with van der Waals surface area (Å²) in [5, 5.41) is 11.1.